The van der Waals surface area contributed by atoms with Crippen LogP contribution >= 0.6 is 0 Å². The van der Waals surface area contributed by atoms with E-state index >= 15 is 0 Å². The van der Waals surface area contributed by atoms with Crippen LogP contribution in [0, 0.1) is 11.3 Å². The highest BCUT2D eigenvalue weighted by atomic mass is 16.2. The zero-order valence-electron chi connectivity index (χ0n) is 17.7. The van der Waals surface area contributed by atoms with Crippen molar-refractivity contribution in [3.05, 3.63) is 35.9 Å². The molecule has 4 rings (SSSR count). The van der Waals surface area contributed by atoms with E-state index in [1.165, 1.54) is 5.56 Å². The van der Waals surface area contributed by atoms with E-state index in [0.717, 1.165) is 71.1 Å². The first-order valence-corrected chi connectivity index (χ1v) is 11.4. The number of carbonyl (C=O) groups is 2. The van der Waals surface area contributed by atoms with Gasteiger partial charge in [0.1, 0.15) is 0 Å². The van der Waals surface area contributed by atoms with Crippen molar-refractivity contribution in [3.8, 4) is 0 Å². The van der Waals surface area contributed by atoms with E-state index in [1.807, 2.05) is 18.2 Å². The van der Waals surface area contributed by atoms with Crippen LogP contribution in [0.4, 0.5) is 0 Å². The number of benzene rings is 1. The van der Waals surface area contributed by atoms with Crippen LogP contribution in [0.3, 0.4) is 0 Å². The summed E-state index contributed by atoms with van der Waals surface area (Å²) in [7, 11) is 0. The van der Waals surface area contributed by atoms with Crippen LogP contribution in [-0.4, -0.2) is 60.4 Å². The number of amides is 2. The lowest BCUT2D eigenvalue weighted by Crippen LogP contribution is -2.52. The molecule has 1 unspecified atom stereocenters. The molecule has 1 N–H and O–H groups in total. The van der Waals surface area contributed by atoms with Crippen LogP contribution in [0.25, 0.3) is 0 Å². The summed E-state index contributed by atoms with van der Waals surface area (Å²) in [5, 5.41) is 3.15. The number of hydrogen-bond acceptors (Lipinski definition) is 3. The van der Waals surface area contributed by atoms with E-state index in [1.54, 1.807) is 0 Å². The van der Waals surface area contributed by atoms with E-state index in [4.69, 9.17) is 0 Å². The van der Waals surface area contributed by atoms with Crippen molar-refractivity contribution >= 4 is 11.8 Å². The van der Waals surface area contributed by atoms with Crippen molar-refractivity contribution < 1.29 is 9.59 Å². The van der Waals surface area contributed by atoms with Gasteiger partial charge in [0.2, 0.25) is 11.8 Å². The summed E-state index contributed by atoms with van der Waals surface area (Å²) < 4.78 is 0. The van der Waals surface area contributed by atoms with Crippen molar-refractivity contribution in [2.75, 3.05) is 32.7 Å². The van der Waals surface area contributed by atoms with Crippen LogP contribution < -0.4 is 5.32 Å². The molecule has 158 valence electrons. The fourth-order valence-corrected chi connectivity index (χ4v) is 4.89. The lowest BCUT2D eigenvalue weighted by Gasteiger charge is -2.42. The van der Waals surface area contributed by atoms with E-state index < -0.39 is 0 Å². The number of rotatable bonds is 6. The molecule has 3 fully saturated rings. The normalized spacial score (nSPS) is 24.9. The average molecular weight is 398 g/mol. The average Bonchev–Trinajstić information content (AvgIpc) is 3.52. The van der Waals surface area contributed by atoms with Gasteiger partial charge in [-0.25, -0.2) is 0 Å². The Balaban J connectivity index is 1.21. The molecule has 1 saturated carbocycles. The standard InChI is InChI=1S/C24H35N3O2/c1-24(12-13-24)23(29)26-16-10-21(11-17-26)27-15-5-8-20(18-27)22(28)25-14-9-19-6-3-2-4-7-19/h2-4,6-7,20-21H,5,8-18H2,1H3,(H,25,28). The summed E-state index contributed by atoms with van der Waals surface area (Å²) in [5.74, 6) is 0.676. The third-order valence-electron chi connectivity index (χ3n) is 7.16. The van der Waals surface area contributed by atoms with Gasteiger partial charge in [0.25, 0.3) is 0 Å². The highest BCUT2D eigenvalue weighted by Gasteiger charge is 2.47. The minimum Gasteiger partial charge on any atom is -0.355 e. The highest BCUT2D eigenvalue weighted by Crippen LogP contribution is 2.46. The first kappa shape index (κ1) is 20.4. The van der Waals surface area contributed by atoms with Gasteiger partial charge in [0.15, 0.2) is 0 Å². The molecule has 1 aliphatic carbocycles. The third-order valence-corrected chi connectivity index (χ3v) is 7.16. The molecule has 0 bridgehead atoms. The topological polar surface area (TPSA) is 52.7 Å². The summed E-state index contributed by atoms with van der Waals surface area (Å²) in [5.41, 5.74) is 1.21. The molecule has 2 amide bonds. The van der Waals surface area contributed by atoms with Gasteiger partial charge in [-0.2, -0.15) is 0 Å². The van der Waals surface area contributed by atoms with Crippen molar-refractivity contribution in [1.82, 2.24) is 15.1 Å². The first-order valence-electron chi connectivity index (χ1n) is 11.4. The lowest BCUT2D eigenvalue weighted by atomic mass is 9.93. The smallest absolute Gasteiger partial charge is 0.228 e. The Kier molecular flexibility index (Phi) is 6.23. The van der Waals surface area contributed by atoms with E-state index in [9.17, 15) is 9.59 Å². The zero-order valence-corrected chi connectivity index (χ0v) is 17.7. The Hall–Kier alpha value is -1.88. The number of nitrogens with zero attached hydrogens (tertiary/aromatic N) is 2. The van der Waals surface area contributed by atoms with Gasteiger partial charge in [-0.05, 0) is 57.1 Å². The highest BCUT2D eigenvalue weighted by molar-refractivity contribution is 5.85. The van der Waals surface area contributed by atoms with E-state index in [-0.39, 0.29) is 17.2 Å². The van der Waals surface area contributed by atoms with Gasteiger partial charge in [0.05, 0.1) is 5.92 Å². The van der Waals surface area contributed by atoms with Crippen LogP contribution in [0.1, 0.15) is 51.0 Å². The molecule has 2 aliphatic heterocycles. The molecule has 3 aliphatic rings. The molecule has 1 aromatic carbocycles. The number of nitrogens with one attached hydrogen (secondary N) is 1. The number of likely N-dealkylation sites (tertiary alicyclic amines) is 2. The molecule has 5 heteroatoms. The molecule has 5 nitrogen and oxygen atoms in total. The SMILES string of the molecule is CC1(C(=O)N2CCC(N3CCCC(C(=O)NCCc4ccccc4)C3)CC2)CC1. The second kappa shape index (κ2) is 8.86. The van der Waals surface area contributed by atoms with Crippen LogP contribution in [-0.2, 0) is 16.0 Å². The van der Waals surface area contributed by atoms with E-state index in [2.05, 4.69) is 34.2 Å². The predicted molar refractivity (Wildman–Crippen MR) is 114 cm³/mol. The molecular formula is C24H35N3O2. The molecular weight excluding hydrogens is 362 g/mol. The molecule has 0 radical (unpaired) electrons. The second-order valence-electron chi connectivity index (χ2n) is 9.44. The fraction of sp³-hybridized carbons (Fsp3) is 0.667. The molecule has 0 spiro atoms. The summed E-state index contributed by atoms with van der Waals surface area (Å²) in [6, 6.07) is 10.8. The maximum atomic E-state index is 12.7. The Morgan fingerprint density at radius 3 is 2.48 bits per heavy atom. The van der Waals surface area contributed by atoms with Crippen molar-refractivity contribution in [2.45, 2.75) is 57.9 Å². The Bertz CT molecular complexity index is 708. The molecule has 2 heterocycles. The Labute approximate surface area is 174 Å². The van der Waals surface area contributed by atoms with Crippen LogP contribution in [0.5, 0.6) is 0 Å². The monoisotopic (exact) mass is 397 g/mol. The van der Waals surface area contributed by atoms with Gasteiger partial charge >= 0.3 is 0 Å². The molecule has 0 aromatic heterocycles. The number of piperidine rings is 2. The van der Waals surface area contributed by atoms with Crippen LogP contribution in [0.2, 0.25) is 0 Å². The van der Waals surface area contributed by atoms with E-state index in [0.29, 0.717) is 18.5 Å². The molecule has 29 heavy (non-hydrogen) atoms. The third kappa shape index (κ3) is 5.00. The molecule has 2 saturated heterocycles. The van der Waals surface area contributed by atoms with Gasteiger partial charge in [-0.1, -0.05) is 37.3 Å². The molecule has 1 aromatic rings. The second-order valence-corrected chi connectivity index (χ2v) is 9.44. The quantitative estimate of drug-likeness (QED) is 0.803. The van der Waals surface area contributed by atoms with Gasteiger partial charge in [0, 0.05) is 37.6 Å². The minimum absolute atomic E-state index is 0.0547. The van der Waals surface area contributed by atoms with Crippen molar-refractivity contribution in [2.24, 2.45) is 11.3 Å². The van der Waals surface area contributed by atoms with Crippen molar-refractivity contribution in [1.29, 1.82) is 0 Å². The fourth-order valence-electron chi connectivity index (χ4n) is 4.89. The molecule has 1 atom stereocenters. The number of hydrogen-bond donors (Lipinski definition) is 1. The largest absolute Gasteiger partial charge is 0.355 e. The Morgan fingerprint density at radius 2 is 1.79 bits per heavy atom. The summed E-state index contributed by atoms with van der Waals surface area (Å²) >= 11 is 0. The minimum atomic E-state index is -0.0547. The van der Waals surface area contributed by atoms with Crippen molar-refractivity contribution in [3.63, 3.8) is 0 Å². The summed E-state index contributed by atoms with van der Waals surface area (Å²) in [6.45, 7) is 6.52. The van der Waals surface area contributed by atoms with Gasteiger partial charge in [-0.3, -0.25) is 14.5 Å². The zero-order chi connectivity index (χ0) is 20.3. The lowest BCUT2D eigenvalue weighted by molar-refractivity contribution is -0.138. The Morgan fingerprint density at radius 1 is 1.07 bits per heavy atom. The number of carbonyl (C=O) groups excluding carboxylic acids is 2. The first-order chi connectivity index (χ1) is 14.0. The summed E-state index contributed by atoms with van der Waals surface area (Å²) in [6.07, 6.45) is 7.16. The van der Waals surface area contributed by atoms with Gasteiger partial charge < -0.3 is 10.2 Å². The summed E-state index contributed by atoms with van der Waals surface area (Å²) in [4.78, 5) is 29.9. The van der Waals surface area contributed by atoms with Crippen LogP contribution in [0.15, 0.2) is 30.3 Å². The van der Waals surface area contributed by atoms with Gasteiger partial charge in [-0.15, -0.1) is 0 Å². The maximum absolute atomic E-state index is 12.7. The predicted octanol–water partition coefficient (Wildman–Crippen LogP) is 2.85. The maximum Gasteiger partial charge on any atom is 0.228 e.